The molecule has 10 nitrogen and oxygen atoms in total. The maximum absolute atomic E-state index is 13.5. The van der Waals surface area contributed by atoms with Crippen LogP contribution in [-0.2, 0) is 0 Å². The van der Waals surface area contributed by atoms with E-state index in [0.29, 0.717) is 22.8 Å². The van der Waals surface area contributed by atoms with Gasteiger partial charge in [-0.2, -0.15) is 0 Å². The van der Waals surface area contributed by atoms with E-state index in [-0.39, 0.29) is 52.3 Å². The first-order chi connectivity index (χ1) is 15.5. The van der Waals surface area contributed by atoms with Crippen LogP contribution in [-0.4, -0.2) is 49.5 Å². The van der Waals surface area contributed by atoms with Crippen LogP contribution in [0.5, 0.6) is 46.0 Å². The quantitative estimate of drug-likeness (QED) is 0.537. The maximum Gasteiger partial charge on any atom is 0.239 e. The van der Waals surface area contributed by atoms with E-state index in [1.807, 2.05) is 0 Å². The Morgan fingerprint density at radius 3 is 1.72 bits per heavy atom. The molecule has 1 aromatic heterocycles. The molecule has 0 radical (unpaired) electrons. The Morgan fingerprint density at radius 2 is 1.22 bits per heavy atom. The van der Waals surface area contributed by atoms with Crippen LogP contribution in [0.3, 0.4) is 0 Å². The molecule has 4 rings (SSSR count). The van der Waals surface area contributed by atoms with Gasteiger partial charge in [-0.25, -0.2) is 0 Å². The van der Waals surface area contributed by atoms with E-state index in [9.17, 15) is 4.79 Å². The Labute approximate surface area is 183 Å². The molecule has 0 amide bonds. The summed E-state index contributed by atoms with van der Waals surface area (Å²) in [6.07, 6.45) is 0. The number of ether oxygens (including phenoxy) is 8. The van der Waals surface area contributed by atoms with Crippen LogP contribution in [0.4, 0.5) is 0 Å². The average Bonchev–Trinajstić information content (AvgIpc) is 3.30. The molecule has 10 heteroatoms. The summed E-state index contributed by atoms with van der Waals surface area (Å²) in [5, 5.41) is 0.0987. The molecule has 0 saturated carbocycles. The third kappa shape index (κ3) is 2.98. The molecule has 0 bridgehead atoms. The molecule has 0 aliphatic carbocycles. The second kappa shape index (κ2) is 8.29. The van der Waals surface area contributed by atoms with E-state index >= 15 is 0 Å². The summed E-state index contributed by atoms with van der Waals surface area (Å²) < 4.78 is 49.9. The minimum Gasteiger partial charge on any atom is -0.493 e. The topological polar surface area (TPSA) is 104 Å². The number of benzene rings is 2. The lowest BCUT2D eigenvalue weighted by Crippen LogP contribution is -2.10. The van der Waals surface area contributed by atoms with E-state index in [0.717, 1.165) is 0 Å². The second-order valence-electron chi connectivity index (χ2n) is 6.54. The molecular formula is C22H22O10. The standard InChI is InChI=1S/C22H22O10/c1-24-11-7-10(8-12(25-2)16(11)26-3)15-19(28-5)14(23)13-17(27-4)21-22(31-9-30-21)20(29-6)18(13)32-15/h7-8H,9H2,1-6H3. The summed E-state index contributed by atoms with van der Waals surface area (Å²) in [6.45, 7) is -0.0521. The van der Waals surface area contributed by atoms with E-state index in [1.54, 1.807) is 12.1 Å². The van der Waals surface area contributed by atoms with Crippen molar-refractivity contribution in [3.63, 3.8) is 0 Å². The highest BCUT2D eigenvalue weighted by Crippen LogP contribution is 2.54. The molecular weight excluding hydrogens is 424 g/mol. The fourth-order valence-corrected chi connectivity index (χ4v) is 3.69. The van der Waals surface area contributed by atoms with Gasteiger partial charge in [-0.15, -0.1) is 0 Å². The summed E-state index contributed by atoms with van der Waals surface area (Å²) >= 11 is 0. The molecule has 2 aromatic carbocycles. The molecule has 0 unspecified atom stereocenters. The van der Waals surface area contributed by atoms with E-state index < -0.39 is 5.43 Å². The summed E-state index contributed by atoms with van der Waals surface area (Å²) in [7, 11) is 8.70. The highest BCUT2D eigenvalue weighted by molar-refractivity contribution is 5.97. The van der Waals surface area contributed by atoms with Crippen LogP contribution in [0.25, 0.3) is 22.3 Å². The average molecular weight is 446 g/mol. The molecule has 0 N–H and O–H groups in total. The Kier molecular flexibility index (Phi) is 5.52. The van der Waals surface area contributed by atoms with Crippen molar-refractivity contribution in [1.82, 2.24) is 0 Å². The molecule has 1 aliphatic heterocycles. The highest BCUT2D eigenvalue weighted by atomic mass is 16.7. The van der Waals surface area contributed by atoms with E-state index in [1.165, 1.54) is 42.7 Å². The zero-order valence-corrected chi connectivity index (χ0v) is 18.4. The fraction of sp³-hybridized carbons (Fsp3) is 0.318. The lowest BCUT2D eigenvalue weighted by atomic mass is 10.1. The number of hydrogen-bond donors (Lipinski definition) is 0. The Morgan fingerprint density at radius 1 is 0.688 bits per heavy atom. The summed E-state index contributed by atoms with van der Waals surface area (Å²) in [4.78, 5) is 13.5. The van der Waals surface area contributed by atoms with Crippen molar-refractivity contribution in [3.05, 3.63) is 22.4 Å². The Hall–Kier alpha value is -3.95. The van der Waals surface area contributed by atoms with Crippen molar-refractivity contribution in [2.24, 2.45) is 0 Å². The van der Waals surface area contributed by atoms with Gasteiger partial charge in [0.2, 0.25) is 41.0 Å². The van der Waals surface area contributed by atoms with Gasteiger partial charge in [-0.1, -0.05) is 0 Å². The van der Waals surface area contributed by atoms with E-state index in [4.69, 9.17) is 42.3 Å². The van der Waals surface area contributed by atoms with Gasteiger partial charge in [-0.05, 0) is 12.1 Å². The Bertz CT molecular complexity index is 1220. The molecule has 170 valence electrons. The van der Waals surface area contributed by atoms with Crippen molar-refractivity contribution >= 4 is 11.0 Å². The number of fused-ring (bicyclic) bond motifs is 2. The van der Waals surface area contributed by atoms with Crippen molar-refractivity contribution in [2.45, 2.75) is 0 Å². The first-order valence-corrected chi connectivity index (χ1v) is 9.43. The van der Waals surface area contributed by atoms with E-state index in [2.05, 4.69) is 0 Å². The minimum atomic E-state index is -0.481. The van der Waals surface area contributed by atoms with Crippen molar-refractivity contribution in [1.29, 1.82) is 0 Å². The highest BCUT2D eigenvalue weighted by Gasteiger charge is 2.33. The molecule has 0 atom stereocenters. The van der Waals surface area contributed by atoms with Gasteiger partial charge >= 0.3 is 0 Å². The monoisotopic (exact) mass is 446 g/mol. The maximum atomic E-state index is 13.5. The first kappa shape index (κ1) is 21.3. The third-order valence-corrected chi connectivity index (χ3v) is 5.07. The van der Waals surface area contributed by atoms with Crippen LogP contribution >= 0.6 is 0 Å². The molecule has 3 aromatic rings. The fourth-order valence-electron chi connectivity index (χ4n) is 3.69. The third-order valence-electron chi connectivity index (χ3n) is 5.07. The smallest absolute Gasteiger partial charge is 0.239 e. The predicted octanol–water partition coefficient (Wildman–Crippen LogP) is 3.24. The summed E-state index contributed by atoms with van der Waals surface area (Å²) in [5.41, 5.74) is 0.0862. The van der Waals surface area contributed by atoms with Gasteiger partial charge in [0.25, 0.3) is 0 Å². The zero-order valence-electron chi connectivity index (χ0n) is 18.4. The van der Waals surface area contributed by atoms with Gasteiger partial charge in [0.1, 0.15) is 5.39 Å². The van der Waals surface area contributed by atoms with Gasteiger partial charge < -0.3 is 42.3 Å². The Balaban J connectivity index is 2.13. The molecule has 0 fully saturated rings. The van der Waals surface area contributed by atoms with Crippen LogP contribution in [0, 0.1) is 0 Å². The van der Waals surface area contributed by atoms with Crippen LogP contribution in [0.1, 0.15) is 0 Å². The lowest BCUT2D eigenvalue weighted by molar-refractivity contribution is 0.169. The largest absolute Gasteiger partial charge is 0.493 e. The normalized spacial score (nSPS) is 11.9. The number of hydrogen-bond acceptors (Lipinski definition) is 10. The number of methoxy groups -OCH3 is 6. The van der Waals surface area contributed by atoms with Gasteiger partial charge in [0.15, 0.2) is 28.6 Å². The summed E-state index contributed by atoms with van der Waals surface area (Å²) in [5.74, 6) is 2.12. The molecule has 32 heavy (non-hydrogen) atoms. The second-order valence-corrected chi connectivity index (χ2v) is 6.54. The summed E-state index contributed by atoms with van der Waals surface area (Å²) in [6, 6.07) is 3.29. The van der Waals surface area contributed by atoms with Gasteiger partial charge in [0.05, 0.1) is 42.7 Å². The minimum absolute atomic E-state index is 0.0500. The van der Waals surface area contributed by atoms with Crippen LogP contribution < -0.4 is 43.3 Å². The number of rotatable bonds is 7. The van der Waals surface area contributed by atoms with Crippen molar-refractivity contribution in [2.75, 3.05) is 49.5 Å². The molecule has 2 heterocycles. The SMILES string of the molecule is COc1cc(-c2oc3c(OC)c4c(c(OC)c3c(=O)c2OC)OCO4)cc(OC)c1OC. The zero-order chi connectivity index (χ0) is 23.0. The van der Waals surface area contributed by atoms with Gasteiger partial charge in [-0.3, -0.25) is 4.79 Å². The van der Waals surface area contributed by atoms with Crippen LogP contribution in [0.2, 0.25) is 0 Å². The molecule has 1 aliphatic rings. The predicted molar refractivity (Wildman–Crippen MR) is 113 cm³/mol. The van der Waals surface area contributed by atoms with Gasteiger partial charge in [0, 0.05) is 5.56 Å². The van der Waals surface area contributed by atoms with Crippen molar-refractivity contribution < 1.29 is 42.3 Å². The molecule has 0 saturated heterocycles. The first-order valence-electron chi connectivity index (χ1n) is 9.43. The van der Waals surface area contributed by atoms with Crippen molar-refractivity contribution in [3.8, 4) is 57.3 Å². The lowest BCUT2D eigenvalue weighted by Gasteiger charge is -2.17. The van der Waals surface area contributed by atoms with Crippen LogP contribution in [0.15, 0.2) is 21.3 Å². The molecule has 0 spiro atoms.